The van der Waals surface area contributed by atoms with Gasteiger partial charge in [-0.25, -0.2) is 9.78 Å². The number of aromatic nitrogens is 1. The zero-order valence-corrected chi connectivity index (χ0v) is 19.8. The Morgan fingerprint density at radius 1 is 1.18 bits per heavy atom. The van der Waals surface area contributed by atoms with Crippen molar-refractivity contribution >= 4 is 47.2 Å². The van der Waals surface area contributed by atoms with Crippen molar-refractivity contribution in [1.29, 1.82) is 0 Å². The monoisotopic (exact) mass is 516 g/mol. The standard InChI is InChI=1S/C20H28N4O2S.HI/c1-4-17-14-24-18(27-17)11-13-23-20(21-5-2)22-12-10-15-6-8-16(9-7-15)19(25)26-3;/h6-9,14H,4-5,10-13H2,1-3H3,(H2,21,22,23);1H. The quantitative estimate of drug-likeness (QED) is 0.231. The summed E-state index contributed by atoms with van der Waals surface area (Å²) in [5.41, 5.74) is 1.72. The van der Waals surface area contributed by atoms with E-state index in [4.69, 9.17) is 4.74 Å². The maximum absolute atomic E-state index is 11.5. The molecule has 1 aromatic carbocycles. The molecule has 28 heavy (non-hydrogen) atoms. The van der Waals surface area contributed by atoms with Crippen molar-refractivity contribution in [2.24, 2.45) is 4.99 Å². The Morgan fingerprint density at radius 2 is 1.93 bits per heavy atom. The molecular weight excluding hydrogens is 487 g/mol. The van der Waals surface area contributed by atoms with Crippen LogP contribution in [-0.4, -0.2) is 43.7 Å². The van der Waals surface area contributed by atoms with Crippen LogP contribution >= 0.6 is 35.3 Å². The maximum Gasteiger partial charge on any atom is 0.337 e. The molecule has 0 fully saturated rings. The maximum atomic E-state index is 11.5. The van der Waals surface area contributed by atoms with Crippen molar-refractivity contribution in [1.82, 2.24) is 15.6 Å². The van der Waals surface area contributed by atoms with Gasteiger partial charge in [0.2, 0.25) is 0 Å². The van der Waals surface area contributed by atoms with Crippen molar-refractivity contribution in [3.05, 3.63) is 51.5 Å². The Balaban J connectivity index is 0.00000392. The van der Waals surface area contributed by atoms with Crippen LogP contribution in [0.15, 0.2) is 35.5 Å². The zero-order chi connectivity index (χ0) is 19.5. The lowest BCUT2D eigenvalue weighted by atomic mass is 10.1. The number of hydrogen-bond acceptors (Lipinski definition) is 5. The van der Waals surface area contributed by atoms with Crippen molar-refractivity contribution in [2.75, 3.05) is 26.7 Å². The van der Waals surface area contributed by atoms with Crippen molar-refractivity contribution in [3.63, 3.8) is 0 Å². The molecule has 0 saturated carbocycles. The Bertz CT molecular complexity index is 747. The number of nitrogens with one attached hydrogen (secondary N) is 2. The number of nitrogens with zero attached hydrogens (tertiary/aromatic N) is 2. The molecule has 0 spiro atoms. The zero-order valence-electron chi connectivity index (χ0n) is 16.7. The molecule has 0 atom stereocenters. The average molecular weight is 516 g/mol. The highest BCUT2D eigenvalue weighted by molar-refractivity contribution is 14.0. The lowest BCUT2D eigenvalue weighted by Crippen LogP contribution is -2.38. The Kier molecular flexibility index (Phi) is 11.7. The van der Waals surface area contributed by atoms with Gasteiger partial charge in [-0.15, -0.1) is 35.3 Å². The molecular formula is C20H29IN4O2S. The van der Waals surface area contributed by atoms with Crippen LogP contribution in [0, 0.1) is 0 Å². The molecule has 2 rings (SSSR count). The summed E-state index contributed by atoms with van der Waals surface area (Å²) in [6.45, 7) is 6.49. The number of benzene rings is 1. The molecule has 8 heteroatoms. The molecule has 0 saturated heterocycles. The first-order valence-corrected chi connectivity index (χ1v) is 10.1. The highest BCUT2D eigenvalue weighted by Crippen LogP contribution is 2.13. The number of guanidine groups is 1. The largest absolute Gasteiger partial charge is 0.465 e. The van der Waals surface area contributed by atoms with Crippen LogP contribution in [0.4, 0.5) is 0 Å². The van der Waals surface area contributed by atoms with E-state index in [-0.39, 0.29) is 29.9 Å². The number of carbonyl (C=O) groups excluding carboxylic acids is 1. The predicted molar refractivity (Wildman–Crippen MR) is 126 cm³/mol. The highest BCUT2D eigenvalue weighted by atomic mass is 127. The van der Waals surface area contributed by atoms with Crippen LogP contribution in [0.25, 0.3) is 0 Å². The van der Waals surface area contributed by atoms with Gasteiger partial charge in [0.1, 0.15) is 0 Å². The Hall–Kier alpha value is -1.68. The number of rotatable bonds is 9. The number of aliphatic imine (C=N–C) groups is 1. The summed E-state index contributed by atoms with van der Waals surface area (Å²) in [6, 6.07) is 7.48. The van der Waals surface area contributed by atoms with E-state index >= 15 is 0 Å². The highest BCUT2D eigenvalue weighted by Gasteiger charge is 2.05. The third-order valence-electron chi connectivity index (χ3n) is 3.97. The Labute approximate surface area is 188 Å². The van der Waals surface area contributed by atoms with Crippen LogP contribution in [0.5, 0.6) is 0 Å². The van der Waals surface area contributed by atoms with Gasteiger partial charge < -0.3 is 15.4 Å². The SMILES string of the molecule is CCNC(=NCCc1ncc(CC)s1)NCCc1ccc(C(=O)OC)cc1.I. The summed E-state index contributed by atoms with van der Waals surface area (Å²) in [5, 5.41) is 7.75. The topological polar surface area (TPSA) is 75.6 Å². The van der Waals surface area contributed by atoms with Gasteiger partial charge in [-0.2, -0.15) is 0 Å². The minimum Gasteiger partial charge on any atom is -0.465 e. The molecule has 0 bridgehead atoms. The predicted octanol–water partition coefficient (Wildman–Crippen LogP) is 3.45. The molecule has 0 unspecified atom stereocenters. The number of esters is 1. The number of aryl methyl sites for hydroxylation is 1. The first-order chi connectivity index (χ1) is 13.2. The van der Waals surface area contributed by atoms with E-state index in [0.717, 1.165) is 48.9 Å². The molecule has 1 heterocycles. The number of thiazole rings is 1. The van der Waals surface area contributed by atoms with Crippen LogP contribution in [0.2, 0.25) is 0 Å². The molecule has 0 aliphatic heterocycles. The summed E-state index contributed by atoms with van der Waals surface area (Å²) < 4.78 is 4.71. The smallest absolute Gasteiger partial charge is 0.337 e. The lowest BCUT2D eigenvalue weighted by Gasteiger charge is -2.11. The summed E-state index contributed by atoms with van der Waals surface area (Å²) in [7, 11) is 1.39. The molecule has 1 aromatic heterocycles. The van der Waals surface area contributed by atoms with E-state index < -0.39 is 0 Å². The first-order valence-electron chi connectivity index (χ1n) is 9.29. The van der Waals surface area contributed by atoms with E-state index in [0.29, 0.717) is 12.1 Å². The number of halogens is 1. The van der Waals surface area contributed by atoms with Crippen molar-refractivity contribution < 1.29 is 9.53 Å². The minimum atomic E-state index is -0.312. The fourth-order valence-electron chi connectivity index (χ4n) is 2.48. The van der Waals surface area contributed by atoms with Gasteiger partial charge in [-0.3, -0.25) is 4.99 Å². The van der Waals surface area contributed by atoms with Crippen LogP contribution in [0.1, 0.15) is 39.7 Å². The summed E-state index contributed by atoms with van der Waals surface area (Å²) in [6.07, 6.45) is 4.69. The fraction of sp³-hybridized carbons (Fsp3) is 0.450. The van der Waals surface area contributed by atoms with Gasteiger partial charge in [0.05, 0.1) is 17.7 Å². The molecule has 6 nitrogen and oxygen atoms in total. The molecule has 2 N–H and O–H groups in total. The molecule has 2 aromatic rings. The first kappa shape index (κ1) is 24.4. The van der Waals surface area contributed by atoms with Crippen LogP contribution in [0.3, 0.4) is 0 Å². The second-order valence-electron chi connectivity index (χ2n) is 5.95. The van der Waals surface area contributed by atoms with Crippen molar-refractivity contribution in [3.8, 4) is 0 Å². The van der Waals surface area contributed by atoms with Crippen LogP contribution < -0.4 is 10.6 Å². The van der Waals surface area contributed by atoms with Crippen molar-refractivity contribution in [2.45, 2.75) is 33.1 Å². The van der Waals surface area contributed by atoms with E-state index in [1.165, 1.54) is 12.0 Å². The van der Waals surface area contributed by atoms with Gasteiger partial charge in [0, 0.05) is 37.1 Å². The third kappa shape index (κ3) is 8.14. The summed E-state index contributed by atoms with van der Waals surface area (Å²) in [5.74, 6) is 0.503. The van der Waals surface area contributed by atoms with E-state index in [1.54, 1.807) is 23.5 Å². The van der Waals surface area contributed by atoms with Gasteiger partial charge >= 0.3 is 5.97 Å². The molecule has 154 valence electrons. The van der Waals surface area contributed by atoms with Gasteiger partial charge in [0.25, 0.3) is 0 Å². The molecule has 0 aliphatic carbocycles. The molecule has 0 radical (unpaired) electrons. The number of carbonyl (C=O) groups is 1. The second-order valence-corrected chi connectivity index (χ2v) is 7.15. The van der Waals surface area contributed by atoms with E-state index in [2.05, 4.69) is 34.5 Å². The fourth-order valence-corrected chi connectivity index (χ4v) is 3.33. The van der Waals surface area contributed by atoms with Gasteiger partial charge in [-0.1, -0.05) is 19.1 Å². The molecule has 0 aliphatic rings. The number of methoxy groups -OCH3 is 1. The molecule has 0 amide bonds. The number of hydrogen-bond donors (Lipinski definition) is 2. The van der Waals surface area contributed by atoms with E-state index in [1.807, 2.05) is 18.3 Å². The Morgan fingerprint density at radius 3 is 2.54 bits per heavy atom. The van der Waals surface area contributed by atoms with Gasteiger partial charge in [-0.05, 0) is 37.5 Å². The van der Waals surface area contributed by atoms with Crippen LogP contribution in [-0.2, 0) is 24.0 Å². The average Bonchev–Trinajstić information content (AvgIpc) is 3.16. The second kappa shape index (κ2) is 13.5. The minimum absolute atomic E-state index is 0. The lowest BCUT2D eigenvalue weighted by molar-refractivity contribution is 0.0600. The summed E-state index contributed by atoms with van der Waals surface area (Å²) in [4.78, 5) is 21.8. The van der Waals surface area contributed by atoms with E-state index in [9.17, 15) is 4.79 Å². The van der Waals surface area contributed by atoms with Gasteiger partial charge in [0.15, 0.2) is 5.96 Å². The normalized spacial score (nSPS) is 10.9. The number of ether oxygens (including phenoxy) is 1. The summed E-state index contributed by atoms with van der Waals surface area (Å²) >= 11 is 1.76. The third-order valence-corrected chi connectivity index (χ3v) is 5.17.